The highest BCUT2D eigenvalue weighted by Gasteiger charge is 2.08. The van der Waals surface area contributed by atoms with Crippen LogP contribution < -0.4 is 0 Å². The van der Waals surface area contributed by atoms with Gasteiger partial charge in [-0.05, 0) is 22.0 Å². The number of fused-ring (bicyclic) bond motifs is 1. The quantitative estimate of drug-likeness (QED) is 0.755. The lowest BCUT2D eigenvalue weighted by molar-refractivity contribution is 0.471. The van der Waals surface area contributed by atoms with E-state index in [9.17, 15) is 4.39 Å². The maximum atomic E-state index is 13.2. The monoisotopic (exact) mass is 246 g/mol. The highest BCUT2D eigenvalue weighted by molar-refractivity contribution is 9.10. The summed E-state index contributed by atoms with van der Waals surface area (Å²) in [5.74, 6) is -0.424. The van der Waals surface area contributed by atoms with Gasteiger partial charge in [0, 0.05) is 26.0 Å². The van der Waals surface area contributed by atoms with Crippen molar-refractivity contribution in [2.45, 2.75) is 0 Å². The Morgan fingerprint density at radius 1 is 1.42 bits per heavy atom. The molecule has 0 fully saturated rings. The maximum Gasteiger partial charge on any atom is 0.136 e. The van der Waals surface area contributed by atoms with Gasteiger partial charge in [0.05, 0.1) is 0 Å². The van der Waals surface area contributed by atoms with Crippen molar-refractivity contribution >= 4 is 37.4 Å². The topological polar surface area (TPSA) is 20.2 Å². The zero-order valence-electron chi connectivity index (χ0n) is 5.84. The summed E-state index contributed by atoms with van der Waals surface area (Å²) in [6.45, 7) is 0. The van der Waals surface area contributed by atoms with Crippen LogP contribution in [0.15, 0.2) is 22.0 Å². The van der Waals surface area contributed by atoms with Gasteiger partial charge in [-0.25, -0.2) is 4.39 Å². The SMILES string of the molecule is Oc1cc(F)c2c(Br)csc2c1. The predicted octanol–water partition coefficient (Wildman–Crippen LogP) is 3.51. The number of hydrogen-bond donors (Lipinski definition) is 1. The Kier molecular flexibility index (Phi) is 1.81. The molecule has 0 atom stereocenters. The van der Waals surface area contributed by atoms with Crippen molar-refractivity contribution in [3.63, 3.8) is 0 Å². The van der Waals surface area contributed by atoms with Gasteiger partial charge in [-0.15, -0.1) is 11.3 Å². The molecule has 1 aromatic carbocycles. The van der Waals surface area contributed by atoms with Crippen molar-refractivity contribution in [3.8, 4) is 5.75 Å². The Morgan fingerprint density at radius 3 is 2.92 bits per heavy atom. The number of hydrogen-bond acceptors (Lipinski definition) is 2. The van der Waals surface area contributed by atoms with E-state index >= 15 is 0 Å². The molecule has 0 bridgehead atoms. The molecule has 0 aliphatic carbocycles. The Hall–Kier alpha value is -0.610. The molecule has 0 amide bonds. The number of phenols is 1. The molecule has 12 heavy (non-hydrogen) atoms. The molecule has 0 radical (unpaired) electrons. The second-order valence-corrected chi connectivity index (χ2v) is 4.15. The van der Waals surface area contributed by atoms with Crippen LogP contribution in [0, 0.1) is 5.82 Å². The predicted molar refractivity (Wildman–Crippen MR) is 51.1 cm³/mol. The van der Waals surface area contributed by atoms with Gasteiger partial charge < -0.3 is 5.11 Å². The average Bonchev–Trinajstić information content (AvgIpc) is 2.31. The summed E-state index contributed by atoms with van der Waals surface area (Å²) in [5.41, 5.74) is 0. The van der Waals surface area contributed by atoms with E-state index in [2.05, 4.69) is 15.9 Å². The second-order valence-electron chi connectivity index (χ2n) is 2.38. The molecular weight excluding hydrogens is 243 g/mol. The average molecular weight is 247 g/mol. The lowest BCUT2D eigenvalue weighted by atomic mass is 10.2. The molecular formula is C8H4BrFOS. The van der Waals surface area contributed by atoms with Crippen molar-refractivity contribution in [2.75, 3.05) is 0 Å². The standard InChI is InChI=1S/C8H4BrFOS/c9-5-3-12-7-2-4(11)1-6(10)8(5)7/h1-3,11H. The minimum Gasteiger partial charge on any atom is -0.508 e. The van der Waals surface area contributed by atoms with Crippen LogP contribution in [0.1, 0.15) is 0 Å². The molecule has 0 aliphatic heterocycles. The summed E-state index contributed by atoms with van der Waals surface area (Å²) in [5, 5.41) is 11.4. The van der Waals surface area contributed by atoms with E-state index in [0.717, 1.165) is 15.2 Å². The normalized spacial score (nSPS) is 10.8. The number of thiophene rings is 1. The van der Waals surface area contributed by atoms with Crippen LogP contribution in [0.3, 0.4) is 0 Å². The van der Waals surface area contributed by atoms with Crippen LogP contribution >= 0.6 is 27.3 Å². The fourth-order valence-corrected chi connectivity index (χ4v) is 2.74. The fraction of sp³-hybridized carbons (Fsp3) is 0. The molecule has 1 aromatic heterocycles. The van der Waals surface area contributed by atoms with Crippen LogP contribution in [0.5, 0.6) is 5.75 Å². The summed E-state index contributed by atoms with van der Waals surface area (Å²) < 4.78 is 14.6. The fourth-order valence-electron chi connectivity index (χ4n) is 1.07. The molecule has 0 spiro atoms. The van der Waals surface area contributed by atoms with Crippen LogP contribution in [-0.4, -0.2) is 5.11 Å². The third-order valence-electron chi connectivity index (χ3n) is 1.57. The van der Waals surface area contributed by atoms with Crippen molar-refractivity contribution < 1.29 is 9.50 Å². The van der Waals surface area contributed by atoms with Crippen molar-refractivity contribution in [3.05, 3.63) is 27.8 Å². The highest BCUT2D eigenvalue weighted by atomic mass is 79.9. The third-order valence-corrected chi connectivity index (χ3v) is 3.42. The van der Waals surface area contributed by atoms with Gasteiger partial charge in [-0.3, -0.25) is 0 Å². The third kappa shape index (κ3) is 1.11. The zero-order chi connectivity index (χ0) is 8.72. The molecule has 1 nitrogen and oxygen atoms in total. The Bertz CT molecular complexity index is 438. The second kappa shape index (κ2) is 2.71. The van der Waals surface area contributed by atoms with E-state index in [4.69, 9.17) is 5.11 Å². The van der Waals surface area contributed by atoms with E-state index in [1.54, 1.807) is 11.4 Å². The van der Waals surface area contributed by atoms with E-state index in [1.165, 1.54) is 11.3 Å². The largest absolute Gasteiger partial charge is 0.508 e. The van der Waals surface area contributed by atoms with Gasteiger partial charge in [0.25, 0.3) is 0 Å². The Morgan fingerprint density at radius 2 is 2.17 bits per heavy atom. The molecule has 1 N–H and O–H groups in total. The molecule has 0 saturated heterocycles. The molecule has 1 heterocycles. The summed E-state index contributed by atoms with van der Waals surface area (Å²) in [6.07, 6.45) is 0. The molecule has 2 rings (SSSR count). The van der Waals surface area contributed by atoms with E-state index in [0.29, 0.717) is 5.39 Å². The van der Waals surface area contributed by atoms with Crippen LogP contribution in [-0.2, 0) is 0 Å². The van der Waals surface area contributed by atoms with Gasteiger partial charge in [0.2, 0.25) is 0 Å². The molecule has 2 aromatic rings. The number of halogens is 2. The number of phenolic OH excluding ortho intramolecular Hbond substituents is 1. The van der Waals surface area contributed by atoms with E-state index in [1.807, 2.05) is 0 Å². The van der Waals surface area contributed by atoms with E-state index < -0.39 is 5.82 Å². The number of aromatic hydroxyl groups is 1. The van der Waals surface area contributed by atoms with Crippen LogP contribution in [0.2, 0.25) is 0 Å². The summed E-state index contributed by atoms with van der Waals surface area (Å²) >= 11 is 4.63. The number of rotatable bonds is 0. The first-order valence-electron chi connectivity index (χ1n) is 3.23. The molecule has 4 heteroatoms. The summed E-state index contributed by atoms with van der Waals surface area (Å²) in [7, 11) is 0. The lowest BCUT2D eigenvalue weighted by Crippen LogP contribution is -1.74. The van der Waals surface area contributed by atoms with Gasteiger partial charge in [0.1, 0.15) is 11.6 Å². The summed E-state index contributed by atoms with van der Waals surface area (Å²) in [4.78, 5) is 0. The van der Waals surface area contributed by atoms with Crippen molar-refractivity contribution in [1.82, 2.24) is 0 Å². The van der Waals surface area contributed by atoms with Crippen molar-refractivity contribution in [1.29, 1.82) is 0 Å². The van der Waals surface area contributed by atoms with Gasteiger partial charge in [-0.1, -0.05) is 0 Å². The smallest absolute Gasteiger partial charge is 0.136 e. The van der Waals surface area contributed by atoms with Crippen LogP contribution in [0.4, 0.5) is 4.39 Å². The first-order valence-corrected chi connectivity index (χ1v) is 4.91. The molecule has 0 aliphatic rings. The Labute approximate surface area is 80.6 Å². The minimum atomic E-state index is -0.391. The maximum absolute atomic E-state index is 13.2. The number of benzene rings is 1. The van der Waals surface area contributed by atoms with E-state index in [-0.39, 0.29) is 5.75 Å². The van der Waals surface area contributed by atoms with Gasteiger partial charge >= 0.3 is 0 Å². The zero-order valence-corrected chi connectivity index (χ0v) is 8.25. The first kappa shape index (κ1) is 8.01. The summed E-state index contributed by atoms with van der Waals surface area (Å²) in [6, 6.07) is 2.66. The first-order chi connectivity index (χ1) is 5.68. The van der Waals surface area contributed by atoms with Gasteiger partial charge in [0.15, 0.2) is 0 Å². The highest BCUT2D eigenvalue weighted by Crippen LogP contribution is 2.34. The Balaban J connectivity index is 2.93. The molecule has 62 valence electrons. The minimum absolute atomic E-state index is 0.0330. The van der Waals surface area contributed by atoms with Crippen LogP contribution in [0.25, 0.3) is 10.1 Å². The lowest BCUT2D eigenvalue weighted by Gasteiger charge is -1.94. The molecule has 0 saturated carbocycles. The van der Waals surface area contributed by atoms with Gasteiger partial charge in [-0.2, -0.15) is 0 Å². The van der Waals surface area contributed by atoms with Crippen molar-refractivity contribution in [2.24, 2.45) is 0 Å². The molecule has 0 unspecified atom stereocenters.